The van der Waals surface area contributed by atoms with E-state index >= 15 is 0 Å². The molecule has 0 spiro atoms. The lowest BCUT2D eigenvalue weighted by Crippen LogP contribution is -2.60. The van der Waals surface area contributed by atoms with Crippen LogP contribution in [0.2, 0.25) is 0 Å². The number of likely N-dealkylation sites (tertiary alicyclic amines) is 1. The van der Waals surface area contributed by atoms with Crippen molar-refractivity contribution in [1.29, 1.82) is 0 Å². The van der Waals surface area contributed by atoms with E-state index < -0.39 is 158 Å². The first-order valence-electron chi connectivity index (χ1n) is 20.2. The number of hydrogen-bond donors (Lipinski definition) is 16. The second-order valence-corrected chi connectivity index (χ2v) is 14.9. The number of carbonyl (C=O) groups excluding carboxylic acids is 9. The molecular formula is C36H59N13O17. The molecular weight excluding hydrogens is 886 g/mol. The molecule has 370 valence electrons. The zero-order valence-corrected chi connectivity index (χ0v) is 36.0. The lowest BCUT2D eigenvalue weighted by molar-refractivity contribution is -0.146. The van der Waals surface area contributed by atoms with Gasteiger partial charge in [0.2, 0.25) is 53.2 Å². The zero-order chi connectivity index (χ0) is 50.4. The number of rotatable bonds is 29. The van der Waals surface area contributed by atoms with Crippen LogP contribution in [-0.2, 0) is 57.5 Å². The summed E-state index contributed by atoms with van der Waals surface area (Å²) in [5.74, 6) is -14.3. The Kier molecular flexibility index (Phi) is 24.0. The average Bonchev–Trinajstić information content (AvgIpc) is 3.72. The number of aliphatic hydroxyl groups is 2. The number of carboxylic acid groups (broad SMARTS) is 3. The van der Waals surface area contributed by atoms with Gasteiger partial charge in [-0.15, -0.1) is 0 Å². The minimum absolute atomic E-state index is 0.0360. The van der Waals surface area contributed by atoms with Crippen molar-refractivity contribution in [1.82, 2.24) is 42.1 Å². The van der Waals surface area contributed by atoms with Gasteiger partial charge in [-0.25, -0.2) is 4.79 Å². The fourth-order valence-electron chi connectivity index (χ4n) is 6.07. The highest BCUT2D eigenvalue weighted by Crippen LogP contribution is 2.19. The Labute approximate surface area is 375 Å². The molecule has 30 nitrogen and oxygen atoms in total. The molecule has 0 saturated carbocycles. The molecule has 1 fully saturated rings. The number of guanidine groups is 1. The predicted molar refractivity (Wildman–Crippen MR) is 222 cm³/mol. The van der Waals surface area contributed by atoms with Gasteiger partial charge in [-0.1, -0.05) is 0 Å². The second kappa shape index (κ2) is 27.9. The minimum Gasteiger partial charge on any atom is -0.481 e. The summed E-state index contributed by atoms with van der Waals surface area (Å²) in [7, 11) is 0. The number of aliphatic imine (C=N–C) groups is 1. The molecule has 1 saturated heterocycles. The van der Waals surface area contributed by atoms with Crippen LogP contribution < -0.4 is 60.2 Å². The summed E-state index contributed by atoms with van der Waals surface area (Å²) in [4.78, 5) is 155. The molecule has 9 atom stereocenters. The van der Waals surface area contributed by atoms with E-state index in [9.17, 15) is 78.0 Å². The molecule has 0 bridgehead atoms. The molecule has 0 aromatic carbocycles. The van der Waals surface area contributed by atoms with E-state index in [4.69, 9.17) is 28.0 Å². The van der Waals surface area contributed by atoms with E-state index in [1.54, 1.807) is 0 Å². The van der Waals surface area contributed by atoms with E-state index in [1.165, 1.54) is 0 Å². The predicted octanol–water partition coefficient (Wildman–Crippen LogP) is -8.92. The summed E-state index contributed by atoms with van der Waals surface area (Å²) in [5.41, 5.74) is 21.8. The fraction of sp³-hybridized carbons (Fsp3) is 0.639. The molecule has 1 rings (SSSR count). The summed E-state index contributed by atoms with van der Waals surface area (Å²) in [6.45, 7) is 0.225. The summed E-state index contributed by atoms with van der Waals surface area (Å²) in [6, 6.07) is -12.7. The summed E-state index contributed by atoms with van der Waals surface area (Å²) >= 11 is 0. The minimum atomic E-state index is -1.96. The lowest BCUT2D eigenvalue weighted by atomic mass is 10.1. The molecule has 20 N–H and O–H groups in total. The van der Waals surface area contributed by atoms with Crippen molar-refractivity contribution in [3.63, 3.8) is 0 Å². The molecule has 0 radical (unpaired) electrons. The van der Waals surface area contributed by atoms with Crippen molar-refractivity contribution >= 4 is 77.0 Å². The lowest BCUT2D eigenvalue weighted by Gasteiger charge is -2.28. The second-order valence-electron chi connectivity index (χ2n) is 14.9. The van der Waals surface area contributed by atoms with Gasteiger partial charge in [0, 0.05) is 19.5 Å². The van der Waals surface area contributed by atoms with Gasteiger partial charge in [0.15, 0.2) is 12.0 Å². The van der Waals surface area contributed by atoms with Gasteiger partial charge in [0.25, 0.3) is 0 Å². The third-order valence-electron chi connectivity index (χ3n) is 9.51. The molecule has 66 heavy (non-hydrogen) atoms. The number of nitrogens with two attached hydrogens (primary N) is 4. The van der Waals surface area contributed by atoms with Gasteiger partial charge in [0.1, 0.15) is 36.3 Å². The maximum absolute atomic E-state index is 13.4. The van der Waals surface area contributed by atoms with Crippen LogP contribution in [0, 0.1) is 0 Å². The average molecular weight is 946 g/mol. The first-order valence-corrected chi connectivity index (χ1v) is 20.2. The molecule has 0 aliphatic carbocycles. The standard InChI is InChI=1S/C36H59N13O17/c1-15(28(58)47-21(14-50)32(62)45-20(12-26(56)57)31(61)48-27(16(2)51)35(65)66)43-30(60)18(5-3-9-41-36(39)40)44-24(53)13-42-29(59)19(11-23(38)52)46-33(63)22-6-4-10-49(22)34(64)17(37)7-8-25(54)55/h15-22,27,50-51H,3-14,37H2,1-2H3,(H2,38,52)(H,42,59)(H,43,60)(H,44,53)(H,45,62)(H,46,63)(H,47,58)(H,48,61)(H,54,55)(H,56,57)(H,65,66)(H4,39,40,41)/t15-,16+,17-,18-,19-,20-,21-,22-,27-/m0/s1. The van der Waals surface area contributed by atoms with Crippen molar-refractivity contribution in [3.8, 4) is 0 Å². The van der Waals surface area contributed by atoms with E-state index in [0.717, 1.165) is 18.7 Å². The Morgan fingerprint density at radius 3 is 1.85 bits per heavy atom. The Balaban J connectivity index is 3.06. The van der Waals surface area contributed by atoms with Crippen molar-refractivity contribution in [2.75, 3.05) is 26.2 Å². The quantitative estimate of drug-likeness (QED) is 0.0188. The molecule has 9 amide bonds. The third kappa shape index (κ3) is 20.1. The highest BCUT2D eigenvalue weighted by molar-refractivity contribution is 5.99. The van der Waals surface area contributed by atoms with Crippen molar-refractivity contribution < 1.29 is 83.1 Å². The first-order chi connectivity index (χ1) is 30.8. The van der Waals surface area contributed by atoms with Crippen LogP contribution in [0.1, 0.15) is 65.2 Å². The molecule has 0 aromatic rings. The van der Waals surface area contributed by atoms with E-state index in [0.29, 0.717) is 6.42 Å². The molecule has 1 aliphatic rings. The first kappa shape index (κ1) is 56.8. The number of primary amides is 1. The number of carboxylic acids is 3. The number of carbonyl (C=O) groups is 12. The molecule has 1 aliphatic heterocycles. The van der Waals surface area contributed by atoms with Crippen molar-refractivity contribution in [2.45, 2.75) is 120 Å². The highest BCUT2D eigenvalue weighted by Gasteiger charge is 2.38. The number of nitrogens with one attached hydrogen (secondary N) is 7. The van der Waals surface area contributed by atoms with E-state index in [2.05, 4.69) is 31.6 Å². The highest BCUT2D eigenvalue weighted by atomic mass is 16.4. The fourth-order valence-corrected chi connectivity index (χ4v) is 6.07. The SMILES string of the molecule is C[C@H](NC(=O)[C@H](CCCN=C(N)N)NC(=O)CNC(=O)[C@H](CC(N)=O)NC(=O)[C@@H]1CCCN1C(=O)[C@@H](N)CCC(=O)O)C(=O)N[C@@H](CO)C(=O)N[C@@H](CC(=O)O)C(=O)N[C@H](C(=O)O)[C@@H](C)O. The Hall–Kier alpha value is -7.21. The monoisotopic (exact) mass is 945 g/mol. The van der Waals surface area contributed by atoms with Gasteiger partial charge < -0.3 is 90.6 Å². The van der Waals surface area contributed by atoms with Crippen LogP contribution in [0.5, 0.6) is 0 Å². The maximum atomic E-state index is 13.4. The van der Waals surface area contributed by atoms with E-state index in [-0.39, 0.29) is 44.7 Å². The summed E-state index contributed by atoms with van der Waals surface area (Å²) in [6.07, 6.45) is -3.72. The van der Waals surface area contributed by atoms with Crippen molar-refractivity contribution in [2.24, 2.45) is 27.9 Å². The van der Waals surface area contributed by atoms with Gasteiger partial charge in [0.05, 0.1) is 38.1 Å². The smallest absolute Gasteiger partial charge is 0.328 e. The molecule has 0 unspecified atom stereocenters. The van der Waals surface area contributed by atoms with Gasteiger partial charge in [-0.05, 0) is 46.0 Å². The van der Waals surface area contributed by atoms with Crippen LogP contribution in [-0.4, -0.2) is 188 Å². The third-order valence-corrected chi connectivity index (χ3v) is 9.51. The van der Waals surface area contributed by atoms with Gasteiger partial charge in [-0.3, -0.25) is 57.7 Å². The number of nitrogens with zero attached hydrogens (tertiary/aromatic N) is 2. The van der Waals surface area contributed by atoms with E-state index in [1.807, 2.05) is 10.6 Å². The topological polar surface area (TPSA) is 510 Å². The number of aliphatic carboxylic acids is 3. The summed E-state index contributed by atoms with van der Waals surface area (Å²) < 4.78 is 0. The normalized spacial score (nSPS) is 16.7. The Bertz CT molecular complexity index is 1840. The van der Waals surface area contributed by atoms with Gasteiger partial charge in [-0.2, -0.15) is 0 Å². The number of amides is 9. The molecule has 0 aromatic heterocycles. The maximum Gasteiger partial charge on any atom is 0.328 e. The Morgan fingerprint density at radius 1 is 0.712 bits per heavy atom. The Morgan fingerprint density at radius 2 is 1.30 bits per heavy atom. The van der Waals surface area contributed by atoms with Crippen LogP contribution in [0.3, 0.4) is 0 Å². The van der Waals surface area contributed by atoms with Crippen LogP contribution in [0.4, 0.5) is 0 Å². The van der Waals surface area contributed by atoms with Gasteiger partial charge >= 0.3 is 17.9 Å². The zero-order valence-electron chi connectivity index (χ0n) is 36.0. The largest absolute Gasteiger partial charge is 0.481 e. The van der Waals surface area contributed by atoms with Crippen molar-refractivity contribution in [3.05, 3.63) is 0 Å². The molecule has 30 heteroatoms. The van der Waals surface area contributed by atoms with Crippen LogP contribution in [0.25, 0.3) is 0 Å². The van der Waals surface area contributed by atoms with Crippen LogP contribution >= 0.6 is 0 Å². The van der Waals surface area contributed by atoms with Crippen LogP contribution in [0.15, 0.2) is 4.99 Å². The number of aliphatic hydroxyl groups excluding tert-OH is 2. The number of hydrogen-bond acceptors (Lipinski definition) is 16. The summed E-state index contributed by atoms with van der Waals surface area (Å²) in [5, 5.41) is 62.0. The molecule has 1 heterocycles.